The van der Waals surface area contributed by atoms with Gasteiger partial charge in [0, 0.05) is 22.2 Å². The van der Waals surface area contributed by atoms with Gasteiger partial charge in [0.05, 0.1) is 6.54 Å². The first-order chi connectivity index (χ1) is 13.7. The summed E-state index contributed by atoms with van der Waals surface area (Å²) in [5, 5.41) is 16.6. The highest BCUT2D eigenvalue weighted by molar-refractivity contribution is 7.18. The minimum absolute atomic E-state index is 0.0595. The zero-order chi connectivity index (χ0) is 19.1. The first kappa shape index (κ1) is 16.9. The molecule has 3 N–H and O–H groups in total. The van der Waals surface area contributed by atoms with Crippen molar-refractivity contribution in [1.29, 1.82) is 0 Å². The maximum absolute atomic E-state index is 12.2. The Balaban J connectivity index is 1.37. The molecule has 0 bridgehead atoms. The van der Waals surface area contributed by atoms with Gasteiger partial charge in [-0.25, -0.2) is 0 Å². The summed E-state index contributed by atoms with van der Waals surface area (Å²) in [7, 11) is 0. The van der Waals surface area contributed by atoms with Crippen LogP contribution in [0.5, 0.6) is 0 Å². The van der Waals surface area contributed by atoms with E-state index in [0.717, 1.165) is 26.4 Å². The van der Waals surface area contributed by atoms with Gasteiger partial charge in [0.25, 0.3) is 0 Å². The number of hydrogen-bond acceptors (Lipinski definition) is 4. The van der Waals surface area contributed by atoms with Crippen LogP contribution in [0.25, 0.3) is 32.2 Å². The van der Waals surface area contributed by atoms with E-state index in [9.17, 15) is 9.59 Å². The summed E-state index contributed by atoms with van der Waals surface area (Å²) >= 11 is 1.58. The molecule has 6 nitrogen and oxygen atoms in total. The number of rotatable bonds is 4. The van der Waals surface area contributed by atoms with Gasteiger partial charge in [-0.15, -0.1) is 11.3 Å². The number of H-pyrrole nitrogens is 1. The van der Waals surface area contributed by atoms with Crippen LogP contribution in [0, 0.1) is 0 Å². The van der Waals surface area contributed by atoms with Crippen molar-refractivity contribution in [3.05, 3.63) is 53.4 Å². The summed E-state index contributed by atoms with van der Waals surface area (Å²) < 4.78 is 0. The molecule has 2 aromatic carbocycles. The minimum Gasteiger partial charge on any atom is -0.349 e. The molecule has 4 aromatic rings. The van der Waals surface area contributed by atoms with E-state index in [1.165, 1.54) is 10.8 Å². The van der Waals surface area contributed by atoms with Crippen LogP contribution in [-0.2, 0) is 16.1 Å². The van der Waals surface area contributed by atoms with E-state index >= 15 is 0 Å². The van der Waals surface area contributed by atoms with Crippen LogP contribution in [0.3, 0.4) is 0 Å². The number of carbonyl (C=O) groups is 2. The van der Waals surface area contributed by atoms with E-state index in [-0.39, 0.29) is 11.8 Å². The van der Waals surface area contributed by atoms with Gasteiger partial charge < -0.3 is 10.6 Å². The van der Waals surface area contributed by atoms with Gasteiger partial charge in [-0.3, -0.25) is 14.7 Å². The van der Waals surface area contributed by atoms with Crippen LogP contribution in [0.15, 0.2) is 48.5 Å². The summed E-state index contributed by atoms with van der Waals surface area (Å²) in [6.45, 7) is 0.440. The molecule has 3 heterocycles. The SMILES string of the molecule is O=C1CC[C@@H](C(=O)NCc2cc3c(-c4ccc5ccccc5c4)n[nH]c3s2)N1. The molecule has 0 radical (unpaired) electrons. The van der Waals surface area contributed by atoms with Crippen molar-refractivity contribution < 1.29 is 9.59 Å². The third kappa shape index (κ3) is 3.03. The van der Waals surface area contributed by atoms with Crippen molar-refractivity contribution in [2.75, 3.05) is 0 Å². The molecular formula is C21H18N4O2S. The highest BCUT2D eigenvalue weighted by atomic mass is 32.1. The van der Waals surface area contributed by atoms with Crippen LogP contribution < -0.4 is 10.6 Å². The van der Waals surface area contributed by atoms with E-state index < -0.39 is 6.04 Å². The number of nitrogens with zero attached hydrogens (tertiary/aromatic N) is 1. The summed E-state index contributed by atoms with van der Waals surface area (Å²) in [6.07, 6.45) is 0.979. The second kappa shape index (κ2) is 6.76. The topological polar surface area (TPSA) is 86.9 Å². The number of aromatic nitrogens is 2. The fourth-order valence-corrected chi connectivity index (χ4v) is 4.56. The summed E-state index contributed by atoms with van der Waals surface area (Å²) in [4.78, 5) is 25.5. The number of nitrogens with one attached hydrogen (secondary N) is 3. The Kier molecular flexibility index (Phi) is 4.09. The van der Waals surface area contributed by atoms with Crippen molar-refractivity contribution in [3.63, 3.8) is 0 Å². The summed E-state index contributed by atoms with van der Waals surface area (Å²) in [5.74, 6) is -0.188. The lowest BCUT2D eigenvalue weighted by Crippen LogP contribution is -2.41. The van der Waals surface area contributed by atoms with Gasteiger partial charge in [0.2, 0.25) is 11.8 Å². The van der Waals surface area contributed by atoms with Crippen LogP contribution in [0.4, 0.5) is 0 Å². The van der Waals surface area contributed by atoms with Crippen LogP contribution in [0.1, 0.15) is 17.7 Å². The Labute approximate surface area is 164 Å². The zero-order valence-electron chi connectivity index (χ0n) is 15.0. The number of thiophene rings is 1. The Morgan fingerprint density at radius 3 is 2.86 bits per heavy atom. The molecule has 0 aliphatic carbocycles. The van der Waals surface area contributed by atoms with E-state index in [1.54, 1.807) is 11.3 Å². The average molecular weight is 390 g/mol. The van der Waals surface area contributed by atoms with Crippen molar-refractivity contribution in [2.24, 2.45) is 0 Å². The Morgan fingerprint density at radius 2 is 2.04 bits per heavy atom. The van der Waals surface area contributed by atoms with Gasteiger partial charge in [0.15, 0.2) is 0 Å². The molecular weight excluding hydrogens is 372 g/mol. The van der Waals surface area contributed by atoms with Crippen molar-refractivity contribution in [1.82, 2.24) is 20.8 Å². The molecule has 5 rings (SSSR count). The molecule has 140 valence electrons. The fourth-order valence-electron chi connectivity index (χ4n) is 3.62. The fraction of sp³-hybridized carbons (Fsp3) is 0.190. The molecule has 2 amide bonds. The van der Waals surface area contributed by atoms with Crippen LogP contribution in [-0.4, -0.2) is 28.1 Å². The van der Waals surface area contributed by atoms with Crippen molar-refractivity contribution in [2.45, 2.75) is 25.4 Å². The van der Waals surface area contributed by atoms with Crippen LogP contribution in [0.2, 0.25) is 0 Å². The molecule has 0 saturated carbocycles. The number of amides is 2. The number of carbonyl (C=O) groups excluding carboxylic acids is 2. The van der Waals surface area contributed by atoms with Gasteiger partial charge in [0.1, 0.15) is 16.6 Å². The number of aromatic amines is 1. The Bertz CT molecular complexity index is 1210. The third-order valence-corrected chi connectivity index (χ3v) is 6.12. The first-order valence-electron chi connectivity index (χ1n) is 9.20. The molecule has 1 saturated heterocycles. The monoisotopic (exact) mass is 390 g/mol. The maximum atomic E-state index is 12.2. The van der Waals surface area contributed by atoms with Crippen molar-refractivity contribution >= 4 is 44.1 Å². The largest absolute Gasteiger partial charge is 0.349 e. The maximum Gasteiger partial charge on any atom is 0.242 e. The Hall–Kier alpha value is -3.19. The smallest absolute Gasteiger partial charge is 0.242 e. The summed E-state index contributed by atoms with van der Waals surface area (Å²) in [5.41, 5.74) is 1.98. The molecule has 0 unspecified atom stereocenters. The van der Waals surface area contributed by atoms with Gasteiger partial charge in [-0.2, -0.15) is 5.10 Å². The molecule has 1 aliphatic rings. The lowest BCUT2D eigenvalue weighted by atomic mass is 10.0. The highest BCUT2D eigenvalue weighted by Crippen LogP contribution is 2.33. The van der Waals surface area contributed by atoms with Crippen LogP contribution >= 0.6 is 11.3 Å². The zero-order valence-corrected chi connectivity index (χ0v) is 15.8. The quantitative estimate of drug-likeness (QED) is 0.499. The predicted molar refractivity (Wildman–Crippen MR) is 110 cm³/mol. The molecule has 1 fully saturated rings. The molecule has 1 aliphatic heterocycles. The molecule has 0 spiro atoms. The van der Waals surface area contributed by atoms with E-state index in [2.05, 4.69) is 57.2 Å². The second-order valence-corrected chi connectivity index (χ2v) is 8.10. The molecule has 28 heavy (non-hydrogen) atoms. The average Bonchev–Trinajstić information content (AvgIpc) is 3.41. The number of benzene rings is 2. The third-order valence-electron chi connectivity index (χ3n) is 5.08. The summed E-state index contributed by atoms with van der Waals surface area (Å²) in [6, 6.07) is 16.3. The van der Waals surface area contributed by atoms with Gasteiger partial charge in [-0.1, -0.05) is 36.4 Å². The predicted octanol–water partition coefficient (Wildman–Crippen LogP) is 3.34. The number of hydrogen-bond donors (Lipinski definition) is 3. The first-order valence-corrected chi connectivity index (χ1v) is 10.0. The van der Waals surface area contributed by atoms with Crippen molar-refractivity contribution in [3.8, 4) is 11.3 Å². The highest BCUT2D eigenvalue weighted by Gasteiger charge is 2.27. The molecule has 1 atom stereocenters. The normalized spacial score (nSPS) is 16.6. The minimum atomic E-state index is -0.410. The van der Waals surface area contributed by atoms with E-state index in [1.807, 2.05) is 12.1 Å². The lowest BCUT2D eigenvalue weighted by Gasteiger charge is -2.09. The second-order valence-electron chi connectivity index (χ2n) is 6.97. The Morgan fingerprint density at radius 1 is 1.18 bits per heavy atom. The van der Waals surface area contributed by atoms with E-state index in [0.29, 0.717) is 19.4 Å². The standard InChI is InChI=1S/C21H18N4O2S/c26-18-8-7-17(23-18)20(27)22-11-15-10-16-19(24-25-21(16)28-15)14-6-5-12-3-1-2-4-13(12)9-14/h1-6,9-10,17H,7-8,11H2,(H,22,27)(H,23,26)(H,24,25)/t17-/m0/s1. The molecule has 7 heteroatoms. The van der Waals surface area contributed by atoms with Gasteiger partial charge >= 0.3 is 0 Å². The van der Waals surface area contributed by atoms with Gasteiger partial charge in [-0.05, 0) is 29.3 Å². The number of fused-ring (bicyclic) bond motifs is 2. The lowest BCUT2D eigenvalue weighted by molar-refractivity contribution is -0.125. The van der Waals surface area contributed by atoms with E-state index in [4.69, 9.17) is 0 Å². The molecule has 2 aromatic heterocycles.